The van der Waals surface area contributed by atoms with Crippen molar-refractivity contribution >= 4 is 33.3 Å². The van der Waals surface area contributed by atoms with Crippen LogP contribution in [0.2, 0.25) is 5.02 Å². The number of nitrogens with one attached hydrogen (secondary N) is 2. The van der Waals surface area contributed by atoms with Gasteiger partial charge in [-0.2, -0.15) is 0 Å². The average molecular weight is 355 g/mol. The highest BCUT2D eigenvalue weighted by molar-refractivity contribution is 7.92. The van der Waals surface area contributed by atoms with E-state index < -0.39 is 10.0 Å². The molecule has 0 fully saturated rings. The number of rotatable bonds is 7. The van der Waals surface area contributed by atoms with Crippen molar-refractivity contribution in [3.8, 4) is 0 Å². The van der Waals surface area contributed by atoms with E-state index in [0.29, 0.717) is 16.4 Å². The number of unbranched alkanes of at least 4 members (excludes halogenated alkanes) is 1. The van der Waals surface area contributed by atoms with Crippen LogP contribution in [-0.2, 0) is 10.0 Å². The zero-order chi connectivity index (χ0) is 16.9. The molecule has 0 bridgehead atoms. The Kier molecular flexibility index (Phi) is 5.79. The molecule has 0 amide bonds. The van der Waals surface area contributed by atoms with Crippen LogP contribution in [0.25, 0.3) is 0 Å². The van der Waals surface area contributed by atoms with Gasteiger partial charge in [0.1, 0.15) is 5.82 Å². The Bertz CT molecular complexity index is 764. The zero-order valence-electron chi connectivity index (χ0n) is 13.0. The van der Waals surface area contributed by atoms with Crippen molar-refractivity contribution in [1.82, 2.24) is 10.2 Å². The summed E-state index contributed by atoms with van der Waals surface area (Å²) in [6.07, 6.45) is 2.12. The van der Waals surface area contributed by atoms with Crippen molar-refractivity contribution < 1.29 is 8.42 Å². The first-order valence-corrected chi connectivity index (χ1v) is 9.15. The monoisotopic (exact) mass is 354 g/mol. The number of aryl methyl sites for hydroxylation is 1. The maximum absolute atomic E-state index is 12.3. The molecule has 0 aliphatic heterocycles. The van der Waals surface area contributed by atoms with Gasteiger partial charge in [0.15, 0.2) is 5.82 Å². The van der Waals surface area contributed by atoms with E-state index in [9.17, 15) is 8.42 Å². The standard InChI is InChI=1S/C15H19ClN4O2S/c1-3-4-9-17-14-7-8-15(19-18-14)20-23(21,22)12-5-6-13(16)11(2)10-12/h5-8,10H,3-4,9H2,1-2H3,(H,17,18)(H,19,20). The van der Waals surface area contributed by atoms with Gasteiger partial charge in [-0.3, -0.25) is 4.72 Å². The summed E-state index contributed by atoms with van der Waals surface area (Å²) in [7, 11) is -3.72. The lowest BCUT2D eigenvalue weighted by Gasteiger charge is -2.09. The van der Waals surface area contributed by atoms with Crippen LogP contribution in [0.4, 0.5) is 11.6 Å². The minimum Gasteiger partial charge on any atom is -0.369 e. The summed E-state index contributed by atoms with van der Waals surface area (Å²) >= 11 is 5.92. The van der Waals surface area contributed by atoms with Gasteiger partial charge < -0.3 is 5.32 Å². The third kappa shape index (κ3) is 4.80. The number of nitrogens with zero attached hydrogens (tertiary/aromatic N) is 2. The number of hydrogen-bond donors (Lipinski definition) is 2. The van der Waals surface area contributed by atoms with Gasteiger partial charge in [-0.25, -0.2) is 8.42 Å². The van der Waals surface area contributed by atoms with E-state index >= 15 is 0 Å². The number of hydrogen-bond acceptors (Lipinski definition) is 5. The van der Waals surface area contributed by atoms with Crippen molar-refractivity contribution in [1.29, 1.82) is 0 Å². The third-order valence-corrected chi connectivity index (χ3v) is 4.96. The second-order valence-corrected chi connectivity index (χ2v) is 7.19. The molecule has 2 aromatic rings. The lowest BCUT2D eigenvalue weighted by molar-refractivity contribution is 0.601. The molecular weight excluding hydrogens is 336 g/mol. The molecule has 6 nitrogen and oxygen atoms in total. The molecule has 2 rings (SSSR count). The number of benzene rings is 1. The highest BCUT2D eigenvalue weighted by atomic mass is 35.5. The Morgan fingerprint density at radius 3 is 2.43 bits per heavy atom. The molecule has 0 atom stereocenters. The zero-order valence-corrected chi connectivity index (χ0v) is 14.6. The summed E-state index contributed by atoms with van der Waals surface area (Å²) in [5, 5.41) is 11.5. The van der Waals surface area contributed by atoms with Crippen molar-refractivity contribution in [2.24, 2.45) is 0 Å². The lowest BCUT2D eigenvalue weighted by Crippen LogP contribution is -2.15. The van der Waals surface area contributed by atoms with E-state index in [1.807, 2.05) is 0 Å². The van der Waals surface area contributed by atoms with Gasteiger partial charge in [0, 0.05) is 11.6 Å². The molecule has 0 saturated heterocycles. The Labute approximate surface area is 141 Å². The maximum atomic E-state index is 12.3. The second kappa shape index (κ2) is 7.61. The highest BCUT2D eigenvalue weighted by Gasteiger charge is 2.16. The molecule has 23 heavy (non-hydrogen) atoms. The van der Waals surface area contributed by atoms with Crippen LogP contribution in [-0.4, -0.2) is 25.2 Å². The quantitative estimate of drug-likeness (QED) is 0.744. The SMILES string of the molecule is CCCCNc1ccc(NS(=O)(=O)c2ccc(Cl)c(C)c2)nn1. The minimum atomic E-state index is -3.72. The number of anilines is 2. The highest BCUT2D eigenvalue weighted by Crippen LogP contribution is 2.21. The molecule has 8 heteroatoms. The Balaban J connectivity index is 2.09. The average Bonchev–Trinajstić information content (AvgIpc) is 2.51. The smallest absolute Gasteiger partial charge is 0.263 e. The second-order valence-electron chi connectivity index (χ2n) is 5.10. The predicted molar refractivity (Wildman–Crippen MR) is 92.4 cm³/mol. The molecule has 0 unspecified atom stereocenters. The fourth-order valence-corrected chi connectivity index (χ4v) is 3.05. The first-order chi connectivity index (χ1) is 10.9. The van der Waals surface area contributed by atoms with E-state index in [1.54, 1.807) is 25.1 Å². The summed E-state index contributed by atoms with van der Waals surface area (Å²) in [5.41, 5.74) is 0.691. The van der Waals surface area contributed by atoms with Crippen LogP contribution in [0.15, 0.2) is 35.2 Å². The molecule has 0 radical (unpaired) electrons. The van der Waals surface area contributed by atoms with E-state index in [4.69, 9.17) is 11.6 Å². The number of halogens is 1. The van der Waals surface area contributed by atoms with Gasteiger partial charge in [0.2, 0.25) is 0 Å². The molecule has 0 spiro atoms. The van der Waals surface area contributed by atoms with Crippen LogP contribution in [0.5, 0.6) is 0 Å². The Morgan fingerprint density at radius 1 is 1.13 bits per heavy atom. The molecule has 1 aromatic carbocycles. The van der Waals surface area contributed by atoms with Crippen molar-refractivity contribution in [3.05, 3.63) is 40.9 Å². The Hall–Kier alpha value is -1.86. The van der Waals surface area contributed by atoms with Crippen LogP contribution in [0, 0.1) is 6.92 Å². The van der Waals surface area contributed by atoms with Gasteiger partial charge >= 0.3 is 0 Å². The summed E-state index contributed by atoms with van der Waals surface area (Å²) in [4.78, 5) is 0.131. The number of sulfonamides is 1. The normalized spacial score (nSPS) is 11.3. The first-order valence-electron chi connectivity index (χ1n) is 7.29. The van der Waals surface area contributed by atoms with Gasteiger partial charge in [0.25, 0.3) is 10.0 Å². The topological polar surface area (TPSA) is 84.0 Å². The van der Waals surface area contributed by atoms with E-state index in [0.717, 1.165) is 19.4 Å². The molecule has 2 N–H and O–H groups in total. The van der Waals surface area contributed by atoms with Gasteiger partial charge in [-0.15, -0.1) is 10.2 Å². The van der Waals surface area contributed by atoms with Crippen molar-refractivity contribution in [3.63, 3.8) is 0 Å². The van der Waals surface area contributed by atoms with Crippen LogP contribution >= 0.6 is 11.6 Å². The van der Waals surface area contributed by atoms with Crippen LogP contribution in [0.1, 0.15) is 25.3 Å². The van der Waals surface area contributed by atoms with E-state index in [-0.39, 0.29) is 10.7 Å². The molecule has 0 saturated carbocycles. The van der Waals surface area contributed by atoms with Crippen LogP contribution < -0.4 is 10.0 Å². The minimum absolute atomic E-state index is 0.131. The fraction of sp³-hybridized carbons (Fsp3) is 0.333. The van der Waals surface area contributed by atoms with E-state index in [2.05, 4.69) is 27.2 Å². The molecule has 0 aliphatic carbocycles. The summed E-state index contributed by atoms with van der Waals surface area (Å²) in [5.74, 6) is 0.780. The Morgan fingerprint density at radius 2 is 1.83 bits per heavy atom. The summed E-state index contributed by atoms with van der Waals surface area (Å²) < 4.78 is 27.1. The van der Waals surface area contributed by atoms with Crippen molar-refractivity contribution in [2.45, 2.75) is 31.6 Å². The van der Waals surface area contributed by atoms with Crippen molar-refractivity contribution in [2.75, 3.05) is 16.6 Å². The van der Waals surface area contributed by atoms with Gasteiger partial charge in [-0.1, -0.05) is 24.9 Å². The first kappa shape index (κ1) is 17.5. The van der Waals surface area contributed by atoms with E-state index in [1.165, 1.54) is 12.1 Å². The molecular formula is C15H19ClN4O2S. The molecule has 1 aromatic heterocycles. The van der Waals surface area contributed by atoms with Gasteiger partial charge in [-0.05, 0) is 49.2 Å². The maximum Gasteiger partial charge on any atom is 0.263 e. The van der Waals surface area contributed by atoms with Crippen LogP contribution in [0.3, 0.4) is 0 Å². The largest absolute Gasteiger partial charge is 0.369 e. The summed E-state index contributed by atoms with van der Waals surface area (Å²) in [6, 6.07) is 7.78. The van der Waals surface area contributed by atoms with Gasteiger partial charge in [0.05, 0.1) is 4.90 Å². The third-order valence-electron chi connectivity index (χ3n) is 3.18. The lowest BCUT2D eigenvalue weighted by atomic mass is 10.2. The fourth-order valence-electron chi connectivity index (χ4n) is 1.86. The summed E-state index contributed by atoms with van der Waals surface area (Å²) in [6.45, 7) is 4.65. The predicted octanol–water partition coefficient (Wildman–Crippen LogP) is 3.45. The molecule has 124 valence electrons. The molecule has 0 aliphatic rings. The number of aromatic nitrogens is 2. The molecule has 1 heterocycles.